The lowest BCUT2D eigenvalue weighted by Crippen LogP contribution is -2.51. The maximum Gasteiger partial charge on any atom is 0.343 e. The van der Waals surface area contributed by atoms with Gasteiger partial charge >= 0.3 is 6.03 Å². The fraction of sp³-hybridized carbons (Fsp3) is 0.417. The van der Waals surface area contributed by atoms with Crippen molar-refractivity contribution in [3.8, 4) is 0 Å². The first-order valence-electron chi connectivity index (χ1n) is 11.3. The molecule has 0 bridgehead atoms. The number of benzene rings is 2. The number of amides is 3. The van der Waals surface area contributed by atoms with Gasteiger partial charge in [-0.1, -0.05) is 55.5 Å². The maximum atomic E-state index is 12.9. The summed E-state index contributed by atoms with van der Waals surface area (Å²) in [4.78, 5) is 24.9. The van der Waals surface area contributed by atoms with Crippen molar-refractivity contribution in [2.24, 2.45) is 5.92 Å². The summed E-state index contributed by atoms with van der Waals surface area (Å²) < 4.78 is 27.9. The highest BCUT2D eigenvalue weighted by Gasteiger charge is 2.24. The fourth-order valence-corrected chi connectivity index (χ4v) is 5.37. The third-order valence-electron chi connectivity index (χ3n) is 5.90. The van der Waals surface area contributed by atoms with Crippen molar-refractivity contribution < 1.29 is 18.0 Å². The van der Waals surface area contributed by atoms with Crippen molar-refractivity contribution in [2.75, 3.05) is 25.5 Å². The number of nitrogens with one attached hydrogen (secondary N) is 3. The third-order valence-corrected chi connectivity index (χ3v) is 7.64. The van der Waals surface area contributed by atoms with Crippen LogP contribution in [0.5, 0.6) is 0 Å². The highest BCUT2D eigenvalue weighted by atomic mass is 35.5. The Hall–Kier alpha value is -2.62. The van der Waals surface area contributed by atoms with Crippen LogP contribution in [0.3, 0.4) is 0 Å². The normalized spacial score (nSPS) is 15.9. The fourth-order valence-electron chi connectivity index (χ4n) is 3.88. The minimum absolute atomic E-state index is 0.00335. The Balaban J connectivity index is 1.59. The van der Waals surface area contributed by atoms with Crippen LogP contribution >= 0.6 is 11.6 Å². The number of piperidine rings is 1. The van der Waals surface area contributed by atoms with Gasteiger partial charge in [0.15, 0.2) is 0 Å². The Labute approximate surface area is 206 Å². The summed E-state index contributed by atoms with van der Waals surface area (Å²) in [5, 5.41) is 4.56. The van der Waals surface area contributed by atoms with Crippen molar-refractivity contribution in [3.63, 3.8) is 0 Å². The number of halogens is 1. The molecule has 1 unspecified atom stereocenters. The second kappa shape index (κ2) is 12.2. The van der Waals surface area contributed by atoms with Crippen molar-refractivity contribution in [1.82, 2.24) is 20.5 Å². The summed E-state index contributed by atoms with van der Waals surface area (Å²) in [7, 11) is -4.09. The molecule has 1 heterocycles. The largest absolute Gasteiger partial charge is 0.355 e. The van der Waals surface area contributed by atoms with Crippen LogP contribution in [0, 0.1) is 5.92 Å². The highest BCUT2D eigenvalue weighted by Crippen LogP contribution is 2.19. The Morgan fingerprint density at radius 3 is 2.38 bits per heavy atom. The van der Waals surface area contributed by atoms with Crippen molar-refractivity contribution in [2.45, 2.75) is 37.0 Å². The second-order valence-electron chi connectivity index (χ2n) is 8.48. The molecular weight excluding hydrogens is 476 g/mol. The Morgan fingerprint density at radius 2 is 1.71 bits per heavy atom. The number of nitrogens with zero attached hydrogens (tertiary/aromatic N) is 1. The summed E-state index contributed by atoms with van der Waals surface area (Å²) in [5.41, 5.74) is 3.93. The van der Waals surface area contributed by atoms with E-state index >= 15 is 0 Å². The molecule has 3 N–H and O–H groups in total. The number of carbonyl (C=O) groups excluding carboxylic acids is 2. The molecule has 1 fully saturated rings. The van der Waals surface area contributed by atoms with E-state index in [0.717, 1.165) is 18.4 Å². The van der Waals surface area contributed by atoms with Crippen LogP contribution in [0.4, 0.5) is 4.79 Å². The standard InChI is InChI=1S/C24H31ClN4O4S/c1-18-12-15-29(16-13-18)27-24(31)28-34(32,33)22-10-6-5-9-20(22)11-14-26-23(30)21(17-25)19-7-3-2-4-8-19/h2-10,18,21H,11-17H2,1H3,(H,26,30)(H2,27,28,31). The molecular formula is C24H31ClN4O4S. The minimum atomic E-state index is -4.09. The number of hydrogen-bond donors (Lipinski definition) is 3. The van der Waals surface area contributed by atoms with Crippen LogP contribution in [0.25, 0.3) is 0 Å². The topological polar surface area (TPSA) is 108 Å². The second-order valence-corrected chi connectivity index (χ2v) is 10.4. The van der Waals surface area contributed by atoms with Gasteiger partial charge in [0.2, 0.25) is 5.91 Å². The van der Waals surface area contributed by atoms with E-state index < -0.39 is 22.0 Å². The molecule has 34 heavy (non-hydrogen) atoms. The van der Waals surface area contributed by atoms with Gasteiger partial charge in [-0.3, -0.25) is 10.2 Å². The van der Waals surface area contributed by atoms with Crippen LogP contribution in [0.1, 0.15) is 36.8 Å². The van der Waals surface area contributed by atoms with E-state index in [1.807, 2.05) is 30.3 Å². The van der Waals surface area contributed by atoms with Crippen LogP contribution in [0.15, 0.2) is 59.5 Å². The summed E-state index contributed by atoms with van der Waals surface area (Å²) in [6.07, 6.45) is 2.16. The number of sulfonamides is 1. The van der Waals surface area contributed by atoms with E-state index in [2.05, 4.69) is 22.4 Å². The molecule has 0 spiro atoms. The molecule has 0 radical (unpaired) electrons. The van der Waals surface area contributed by atoms with Gasteiger partial charge in [0.1, 0.15) is 0 Å². The molecule has 1 aliphatic rings. The predicted octanol–water partition coefficient (Wildman–Crippen LogP) is 3.00. The van der Waals surface area contributed by atoms with Crippen molar-refractivity contribution >= 4 is 33.6 Å². The monoisotopic (exact) mass is 506 g/mol. The van der Waals surface area contributed by atoms with Crippen LogP contribution in [-0.4, -0.2) is 50.9 Å². The van der Waals surface area contributed by atoms with Crippen molar-refractivity contribution in [3.05, 3.63) is 65.7 Å². The molecule has 2 aromatic carbocycles. The minimum Gasteiger partial charge on any atom is -0.355 e. The van der Waals surface area contributed by atoms with E-state index in [1.54, 1.807) is 23.2 Å². The SMILES string of the molecule is CC1CCN(NC(=O)NS(=O)(=O)c2ccccc2CCNC(=O)C(CCl)c2ccccc2)CC1. The molecule has 3 rings (SSSR count). The summed E-state index contributed by atoms with van der Waals surface area (Å²) >= 11 is 6.01. The zero-order valence-corrected chi connectivity index (χ0v) is 20.7. The van der Waals surface area contributed by atoms with E-state index in [1.165, 1.54) is 6.07 Å². The first kappa shape index (κ1) is 26.0. The molecule has 0 aromatic heterocycles. The molecule has 184 valence electrons. The van der Waals surface area contributed by atoms with Gasteiger partial charge < -0.3 is 5.32 Å². The van der Waals surface area contributed by atoms with Crippen LogP contribution < -0.4 is 15.5 Å². The zero-order valence-electron chi connectivity index (χ0n) is 19.2. The van der Waals surface area contributed by atoms with Crippen molar-refractivity contribution in [1.29, 1.82) is 0 Å². The van der Waals surface area contributed by atoms with E-state index in [0.29, 0.717) is 24.6 Å². The Bertz CT molecular complexity index is 1070. The van der Waals surface area contributed by atoms with E-state index in [4.69, 9.17) is 11.6 Å². The number of hydrogen-bond acceptors (Lipinski definition) is 5. The smallest absolute Gasteiger partial charge is 0.343 e. The quantitative estimate of drug-likeness (QED) is 0.453. The number of carbonyl (C=O) groups is 2. The number of hydrazine groups is 1. The lowest BCUT2D eigenvalue weighted by Gasteiger charge is -2.30. The maximum absolute atomic E-state index is 12.9. The molecule has 8 nitrogen and oxygen atoms in total. The molecule has 1 atom stereocenters. The average Bonchev–Trinajstić information content (AvgIpc) is 2.82. The van der Waals surface area contributed by atoms with Gasteiger partial charge in [0, 0.05) is 25.5 Å². The van der Waals surface area contributed by atoms with E-state index in [-0.39, 0.29) is 29.6 Å². The molecule has 1 saturated heterocycles. The summed E-state index contributed by atoms with van der Waals surface area (Å²) in [6.45, 7) is 3.73. The summed E-state index contributed by atoms with van der Waals surface area (Å²) in [6, 6.07) is 14.9. The first-order chi connectivity index (χ1) is 16.3. The molecule has 10 heteroatoms. The number of rotatable bonds is 9. The number of alkyl halides is 1. The van der Waals surface area contributed by atoms with Gasteiger partial charge in [-0.2, -0.15) is 0 Å². The van der Waals surface area contributed by atoms with Gasteiger partial charge in [-0.05, 0) is 42.4 Å². The average molecular weight is 507 g/mol. The molecule has 0 aliphatic carbocycles. The third kappa shape index (κ3) is 7.19. The highest BCUT2D eigenvalue weighted by molar-refractivity contribution is 7.90. The lowest BCUT2D eigenvalue weighted by atomic mass is 10.0. The first-order valence-corrected chi connectivity index (χ1v) is 13.4. The van der Waals surface area contributed by atoms with Gasteiger partial charge in [0.05, 0.1) is 10.8 Å². The Morgan fingerprint density at radius 1 is 1.06 bits per heavy atom. The Kier molecular flexibility index (Phi) is 9.32. The van der Waals surface area contributed by atoms with Crippen LogP contribution in [-0.2, 0) is 21.2 Å². The van der Waals surface area contributed by atoms with Gasteiger partial charge in [-0.15, -0.1) is 11.6 Å². The summed E-state index contributed by atoms with van der Waals surface area (Å²) in [5.74, 6) is -0.0000323. The van der Waals surface area contributed by atoms with Crippen LogP contribution in [0.2, 0.25) is 0 Å². The molecule has 1 aliphatic heterocycles. The van der Waals surface area contributed by atoms with Gasteiger partial charge in [0.25, 0.3) is 10.0 Å². The zero-order chi connectivity index (χ0) is 24.6. The molecule has 2 aromatic rings. The van der Waals surface area contributed by atoms with E-state index in [9.17, 15) is 18.0 Å². The predicted molar refractivity (Wildman–Crippen MR) is 132 cm³/mol. The number of urea groups is 1. The van der Waals surface area contributed by atoms with Gasteiger partial charge in [-0.25, -0.2) is 22.9 Å². The molecule has 0 saturated carbocycles. The lowest BCUT2D eigenvalue weighted by molar-refractivity contribution is -0.122. The molecule has 3 amide bonds.